The Morgan fingerprint density at radius 1 is 1.09 bits per heavy atom. The molecule has 0 unspecified atom stereocenters. The lowest BCUT2D eigenvalue weighted by Crippen LogP contribution is -2.34. The van der Waals surface area contributed by atoms with E-state index in [0.717, 1.165) is 25.1 Å². The van der Waals surface area contributed by atoms with Crippen LogP contribution in [0, 0.1) is 20.8 Å². The number of benzene rings is 2. The van der Waals surface area contributed by atoms with Crippen LogP contribution in [0.2, 0.25) is 0 Å². The molecule has 2 aromatic rings. The molecule has 3 nitrogen and oxygen atoms in total. The highest BCUT2D eigenvalue weighted by Gasteiger charge is 2.30. The van der Waals surface area contributed by atoms with Gasteiger partial charge in [-0.3, -0.25) is 0 Å². The van der Waals surface area contributed by atoms with Gasteiger partial charge in [-0.1, -0.05) is 35.9 Å². The van der Waals surface area contributed by atoms with Gasteiger partial charge in [0.15, 0.2) is 0 Å². The molecule has 1 saturated heterocycles. The molecule has 3 rings (SSSR count). The first-order valence-corrected chi connectivity index (χ1v) is 8.26. The molecule has 3 heteroatoms. The van der Waals surface area contributed by atoms with Crippen molar-refractivity contribution in [3.8, 4) is 0 Å². The van der Waals surface area contributed by atoms with Crippen molar-refractivity contribution in [1.82, 2.24) is 4.90 Å². The molecule has 0 saturated carbocycles. The zero-order valence-electron chi connectivity index (χ0n) is 14.1. The van der Waals surface area contributed by atoms with Gasteiger partial charge in [0.1, 0.15) is 0 Å². The number of aryl methyl sites for hydroxylation is 3. The molecule has 1 N–H and O–H groups in total. The number of carbonyl (C=O) groups excluding carboxylic acids is 1. The first-order valence-electron chi connectivity index (χ1n) is 8.26. The molecule has 2 amide bonds. The summed E-state index contributed by atoms with van der Waals surface area (Å²) in [5.41, 5.74) is 5.77. The molecule has 0 bridgehead atoms. The predicted octanol–water partition coefficient (Wildman–Crippen LogP) is 4.98. The number of nitrogens with zero attached hydrogens (tertiary/aromatic N) is 1. The van der Waals surface area contributed by atoms with Crippen LogP contribution < -0.4 is 5.32 Å². The topological polar surface area (TPSA) is 32.3 Å². The fourth-order valence-electron chi connectivity index (χ4n) is 3.25. The van der Waals surface area contributed by atoms with E-state index >= 15 is 0 Å². The van der Waals surface area contributed by atoms with E-state index in [-0.39, 0.29) is 12.1 Å². The summed E-state index contributed by atoms with van der Waals surface area (Å²) in [5.74, 6) is 0. The molecule has 1 fully saturated rings. The monoisotopic (exact) mass is 308 g/mol. The average Bonchev–Trinajstić information content (AvgIpc) is 3.00. The van der Waals surface area contributed by atoms with E-state index in [1.165, 1.54) is 22.3 Å². The van der Waals surface area contributed by atoms with E-state index in [0.29, 0.717) is 0 Å². The molecule has 1 aliphatic heterocycles. The van der Waals surface area contributed by atoms with Crippen LogP contribution in [0.4, 0.5) is 10.5 Å². The van der Waals surface area contributed by atoms with Crippen LogP contribution in [0.3, 0.4) is 0 Å². The van der Waals surface area contributed by atoms with E-state index in [1.54, 1.807) is 0 Å². The zero-order chi connectivity index (χ0) is 16.4. The number of likely N-dealkylation sites (tertiary alicyclic amines) is 1. The largest absolute Gasteiger partial charge is 0.322 e. The number of anilines is 1. The Labute approximate surface area is 138 Å². The maximum Gasteiger partial charge on any atom is 0.322 e. The maximum absolute atomic E-state index is 12.7. The number of urea groups is 1. The van der Waals surface area contributed by atoms with Crippen LogP contribution in [0.25, 0.3) is 0 Å². The van der Waals surface area contributed by atoms with Crippen LogP contribution in [0.15, 0.2) is 42.5 Å². The third-order valence-corrected chi connectivity index (χ3v) is 4.70. The molecule has 1 heterocycles. The smallest absolute Gasteiger partial charge is 0.317 e. The lowest BCUT2D eigenvalue weighted by molar-refractivity contribution is 0.207. The van der Waals surface area contributed by atoms with E-state index in [1.807, 2.05) is 23.1 Å². The molecule has 120 valence electrons. The van der Waals surface area contributed by atoms with Crippen molar-refractivity contribution in [3.05, 3.63) is 64.7 Å². The van der Waals surface area contributed by atoms with Crippen molar-refractivity contribution >= 4 is 11.7 Å². The summed E-state index contributed by atoms with van der Waals surface area (Å²) in [6.07, 6.45) is 2.09. The zero-order valence-corrected chi connectivity index (χ0v) is 14.1. The predicted molar refractivity (Wildman–Crippen MR) is 94.8 cm³/mol. The SMILES string of the molecule is Cc1cccc([C@@H]2CCCN2C(=O)Nc2ccc(C)c(C)c2)c1. The molecule has 1 atom stereocenters. The number of hydrogen-bond acceptors (Lipinski definition) is 1. The van der Waals surface area contributed by atoms with Gasteiger partial charge in [-0.15, -0.1) is 0 Å². The van der Waals surface area contributed by atoms with Gasteiger partial charge in [0.2, 0.25) is 0 Å². The minimum Gasteiger partial charge on any atom is -0.317 e. The Hall–Kier alpha value is -2.29. The van der Waals surface area contributed by atoms with Crippen molar-refractivity contribution in [2.45, 2.75) is 39.7 Å². The maximum atomic E-state index is 12.7. The second kappa shape index (κ2) is 6.45. The van der Waals surface area contributed by atoms with Crippen LogP contribution in [0.5, 0.6) is 0 Å². The van der Waals surface area contributed by atoms with E-state index < -0.39 is 0 Å². The van der Waals surface area contributed by atoms with Gasteiger partial charge >= 0.3 is 6.03 Å². The lowest BCUT2D eigenvalue weighted by atomic mass is 10.0. The summed E-state index contributed by atoms with van der Waals surface area (Å²) in [7, 11) is 0. The van der Waals surface area contributed by atoms with E-state index in [4.69, 9.17) is 0 Å². The quantitative estimate of drug-likeness (QED) is 0.833. The number of amides is 2. The Kier molecular flexibility index (Phi) is 4.37. The van der Waals surface area contributed by atoms with Crippen LogP contribution in [0.1, 0.15) is 41.1 Å². The molecular weight excluding hydrogens is 284 g/mol. The molecule has 0 radical (unpaired) electrons. The molecule has 0 aliphatic carbocycles. The van der Waals surface area contributed by atoms with Crippen LogP contribution >= 0.6 is 0 Å². The summed E-state index contributed by atoms with van der Waals surface area (Å²) < 4.78 is 0. The van der Waals surface area contributed by atoms with Crippen molar-refractivity contribution in [1.29, 1.82) is 0 Å². The van der Waals surface area contributed by atoms with E-state index in [9.17, 15) is 4.79 Å². The van der Waals surface area contributed by atoms with Crippen LogP contribution in [-0.4, -0.2) is 17.5 Å². The number of carbonyl (C=O) groups is 1. The van der Waals surface area contributed by atoms with Crippen molar-refractivity contribution in [2.24, 2.45) is 0 Å². The average molecular weight is 308 g/mol. The third-order valence-electron chi connectivity index (χ3n) is 4.70. The number of nitrogens with one attached hydrogen (secondary N) is 1. The van der Waals surface area contributed by atoms with Gasteiger partial charge in [-0.2, -0.15) is 0 Å². The third kappa shape index (κ3) is 3.39. The molecule has 0 aromatic heterocycles. The molecule has 0 spiro atoms. The highest BCUT2D eigenvalue weighted by Crippen LogP contribution is 2.32. The number of hydrogen-bond donors (Lipinski definition) is 1. The van der Waals surface area contributed by atoms with Gasteiger partial charge in [-0.05, 0) is 62.4 Å². The fourth-order valence-corrected chi connectivity index (χ4v) is 3.25. The van der Waals surface area contributed by atoms with Gasteiger partial charge in [0.05, 0.1) is 6.04 Å². The van der Waals surface area contributed by atoms with Crippen molar-refractivity contribution in [2.75, 3.05) is 11.9 Å². The highest BCUT2D eigenvalue weighted by molar-refractivity contribution is 5.90. The molecule has 2 aromatic carbocycles. The van der Waals surface area contributed by atoms with Crippen LogP contribution in [-0.2, 0) is 0 Å². The normalized spacial score (nSPS) is 17.3. The lowest BCUT2D eigenvalue weighted by Gasteiger charge is -2.25. The Morgan fingerprint density at radius 2 is 1.91 bits per heavy atom. The summed E-state index contributed by atoms with van der Waals surface area (Å²) >= 11 is 0. The second-order valence-corrected chi connectivity index (χ2v) is 6.49. The van der Waals surface area contributed by atoms with E-state index in [2.05, 4.69) is 50.4 Å². The Bertz CT molecular complexity index is 723. The fraction of sp³-hybridized carbons (Fsp3) is 0.350. The van der Waals surface area contributed by atoms with Gasteiger partial charge in [0, 0.05) is 12.2 Å². The van der Waals surface area contributed by atoms with Crippen molar-refractivity contribution in [3.63, 3.8) is 0 Å². The Balaban J connectivity index is 1.76. The van der Waals surface area contributed by atoms with Gasteiger partial charge in [0.25, 0.3) is 0 Å². The summed E-state index contributed by atoms with van der Waals surface area (Å²) in [6, 6.07) is 14.7. The minimum atomic E-state index is -0.00254. The summed E-state index contributed by atoms with van der Waals surface area (Å²) in [5, 5.41) is 3.05. The second-order valence-electron chi connectivity index (χ2n) is 6.49. The first-order chi connectivity index (χ1) is 11.0. The summed E-state index contributed by atoms with van der Waals surface area (Å²) in [4.78, 5) is 14.7. The summed E-state index contributed by atoms with van der Waals surface area (Å²) in [6.45, 7) is 7.05. The number of rotatable bonds is 2. The minimum absolute atomic E-state index is 0.00254. The van der Waals surface area contributed by atoms with Gasteiger partial charge < -0.3 is 10.2 Å². The highest BCUT2D eigenvalue weighted by atomic mass is 16.2. The van der Waals surface area contributed by atoms with Gasteiger partial charge in [-0.25, -0.2) is 4.79 Å². The molecule has 23 heavy (non-hydrogen) atoms. The Morgan fingerprint density at radius 3 is 2.65 bits per heavy atom. The van der Waals surface area contributed by atoms with Crippen molar-refractivity contribution < 1.29 is 4.79 Å². The first kappa shape index (κ1) is 15.6. The molecule has 1 aliphatic rings. The standard InChI is InChI=1S/C20H24N2O/c1-14-6-4-7-17(12-14)19-8-5-11-22(19)20(23)21-18-10-9-15(2)16(3)13-18/h4,6-7,9-10,12-13,19H,5,8,11H2,1-3H3,(H,21,23)/t19-/m0/s1. The molecular formula is C20H24N2O.